The molecule has 0 aliphatic carbocycles. The fraction of sp³-hybridized carbons (Fsp3) is 0.207. The Kier molecular flexibility index (Phi) is 7.88. The third-order valence-electron chi connectivity index (χ3n) is 5.64. The third-order valence-corrected chi connectivity index (χ3v) is 5.99. The molecule has 0 fully saturated rings. The van der Waals surface area contributed by atoms with Crippen LogP contribution < -0.4 is 15.4 Å². The first-order chi connectivity index (χ1) is 16.9. The van der Waals surface area contributed by atoms with E-state index in [1.54, 1.807) is 12.1 Å². The number of hydrogen-bond donors (Lipinski definition) is 2. The average molecular weight is 491 g/mol. The summed E-state index contributed by atoms with van der Waals surface area (Å²) < 4.78 is 20.3. The lowest BCUT2D eigenvalue weighted by atomic mass is 10.0. The van der Waals surface area contributed by atoms with Gasteiger partial charge in [-0.05, 0) is 53.1 Å². The molecule has 35 heavy (non-hydrogen) atoms. The molecule has 4 rings (SSSR count). The molecule has 1 amide bonds. The number of anilines is 2. The Morgan fingerprint density at radius 3 is 2.51 bits per heavy atom. The van der Waals surface area contributed by atoms with E-state index in [4.69, 9.17) is 16.3 Å². The Morgan fingerprint density at radius 1 is 0.943 bits per heavy atom. The van der Waals surface area contributed by atoms with E-state index in [0.717, 1.165) is 27.7 Å². The summed E-state index contributed by atoms with van der Waals surface area (Å²) in [5.41, 5.74) is 2.88. The number of benzene rings is 4. The number of halogens is 2. The summed E-state index contributed by atoms with van der Waals surface area (Å²) in [5.74, 6) is 0.542. The van der Waals surface area contributed by atoms with Crippen molar-refractivity contribution in [3.8, 4) is 5.75 Å². The van der Waals surface area contributed by atoms with Gasteiger partial charge in [-0.15, -0.1) is 0 Å². The van der Waals surface area contributed by atoms with Crippen LogP contribution in [0.15, 0.2) is 78.9 Å². The van der Waals surface area contributed by atoms with Crippen LogP contribution >= 0.6 is 11.6 Å². The molecule has 180 valence electrons. The van der Waals surface area contributed by atoms with Gasteiger partial charge in [-0.25, -0.2) is 4.39 Å². The summed E-state index contributed by atoms with van der Waals surface area (Å²) in [7, 11) is 0. The molecule has 0 saturated carbocycles. The maximum absolute atomic E-state index is 14.3. The molecule has 0 spiro atoms. The topological polar surface area (TPSA) is 50.4 Å². The molecule has 0 bridgehead atoms. The Labute approximate surface area is 210 Å². The average Bonchev–Trinajstić information content (AvgIpc) is 2.82. The molecule has 0 aliphatic heterocycles. The Balaban J connectivity index is 1.55. The van der Waals surface area contributed by atoms with Gasteiger partial charge in [-0.3, -0.25) is 4.79 Å². The Morgan fingerprint density at radius 2 is 1.71 bits per heavy atom. The predicted molar refractivity (Wildman–Crippen MR) is 142 cm³/mol. The number of rotatable bonds is 9. The van der Waals surface area contributed by atoms with Crippen LogP contribution in [0.1, 0.15) is 31.4 Å². The molecule has 0 unspecified atom stereocenters. The minimum absolute atomic E-state index is 0.00584. The Bertz CT molecular complexity index is 1320. The molecule has 6 heteroatoms. The van der Waals surface area contributed by atoms with Gasteiger partial charge in [0.1, 0.15) is 18.2 Å². The van der Waals surface area contributed by atoms with E-state index in [-0.39, 0.29) is 12.5 Å². The van der Waals surface area contributed by atoms with Crippen molar-refractivity contribution in [3.05, 3.63) is 101 Å². The summed E-state index contributed by atoms with van der Waals surface area (Å²) >= 11 is 6.19. The van der Waals surface area contributed by atoms with Gasteiger partial charge in [0.25, 0.3) is 0 Å². The standard InChI is InChI=1S/C29H28ClFN2O2/c1-19(2)15-29(34)33-22-9-5-8-21(16-22)32-17-24-23-10-4-3-7-20(23)13-14-28(24)35-18-25-26(30)11-6-12-27(25)31/h3-14,16,19,32H,15,17-18H2,1-2H3,(H,33,34). The lowest BCUT2D eigenvalue weighted by molar-refractivity contribution is -0.116. The minimum atomic E-state index is -0.394. The second-order valence-electron chi connectivity index (χ2n) is 8.83. The molecule has 0 saturated heterocycles. The molecule has 0 radical (unpaired) electrons. The van der Waals surface area contributed by atoms with Crippen molar-refractivity contribution in [2.24, 2.45) is 5.92 Å². The van der Waals surface area contributed by atoms with Gasteiger partial charge in [0.05, 0.1) is 5.02 Å². The third kappa shape index (κ3) is 6.31. The number of amides is 1. The molecule has 0 aliphatic rings. The van der Waals surface area contributed by atoms with Crippen LogP contribution in [0.4, 0.5) is 15.8 Å². The van der Waals surface area contributed by atoms with Gasteiger partial charge in [-0.2, -0.15) is 0 Å². The fourth-order valence-corrected chi connectivity index (χ4v) is 4.15. The highest BCUT2D eigenvalue weighted by Gasteiger charge is 2.13. The maximum atomic E-state index is 14.3. The van der Waals surface area contributed by atoms with Crippen molar-refractivity contribution in [1.82, 2.24) is 0 Å². The number of hydrogen-bond acceptors (Lipinski definition) is 3. The lowest BCUT2D eigenvalue weighted by Crippen LogP contribution is -2.14. The zero-order valence-corrected chi connectivity index (χ0v) is 20.5. The van der Waals surface area contributed by atoms with Crippen molar-refractivity contribution < 1.29 is 13.9 Å². The van der Waals surface area contributed by atoms with Crippen LogP contribution in [0.25, 0.3) is 10.8 Å². The van der Waals surface area contributed by atoms with Crippen LogP contribution in [0.5, 0.6) is 5.75 Å². The summed E-state index contributed by atoms with van der Waals surface area (Å²) in [5, 5.41) is 8.84. The number of fused-ring (bicyclic) bond motifs is 1. The van der Waals surface area contributed by atoms with Gasteiger partial charge in [-0.1, -0.05) is 67.9 Å². The number of carbonyl (C=O) groups excluding carboxylic acids is 1. The van der Waals surface area contributed by atoms with E-state index < -0.39 is 5.82 Å². The monoisotopic (exact) mass is 490 g/mol. The van der Waals surface area contributed by atoms with E-state index in [1.807, 2.05) is 74.5 Å². The molecular formula is C29H28ClFN2O2. The highest BCUT2D eigenvalue weighted by molar-refractivity contribution is 6.31. The van der Waals surface area contributed by atoms with Crippen LogP contribution in [-0.4, -0.2) is 5.91 Å². The molecule has 0 aromatic heterocycles. The summed E-state index contributed by atoms with van der Waals surface area (Å²) in [6.45, 7) is 4.53. The molecule has 4 aromatic rings. The van der Waals surface area contributed by atoms with E-state index in [2.05, 4.69) is 10.6 Å². The molecule has 4 nitrogen and oxygen atoms in total. The predicted octanol–water partition coefficient (Wildman–Crippen LogP) is 7.81. The van der Waals surface area contributed by atoms with Crippen molar-refractivity contribution in [2.45, 2.75) is 33.4 Å². The van der Waals surface area contributed by atoms with Crippen molar-refractivity contribution in [3.63, 3.8) is 0 Å². The van der Waals surface area contributed by atoms with Crippen molar-refractivity contribution in [2.75, 3.05) is 10.6 Å². The maximum Gasteiger partial charge on any atom is 0.224 e. The normalized spacial score (nSPS) is 11.0. The summed E-state index contributed by atoms with van der Waals surface area (Å²) in [4.78, 5) is 12.2. The zero-order chi connectivity index (χ0) is 24.8. The van der Waals surface area contributed by atoms with Crippen LogP contribution in [0.2, 0.25) is 5.02 Å². The summed E-state index contributed by atoms with van der Waals surface area (Å²) in [6, 6.07) is 24.2. The number of carbonyl (C=O) groups is 1. The van der Waals surface area contributed by atoms with Gasteiger partial charge in [0.15, 0.2) is 0 Å². The van der Waals surface area contributed by atoms with Gasteiger partial charge < -0.3 is 15.4 Å². The largest absolute Gasteiger partial charge is 0.488 e. The molecule has 0 atom stereocenters. The minimum Gasteiger partial charge on any atom is -0.488 e. The fourth-order valence-electron chi connectivity index (χ4n) is 3.93. The van der Waals surface area contributed by atoms with Crippen LogP contribution in [0.3, 0.4) is 0 Å². The van der Waals surface area contributed by atoms with E-state index in [0.29, 0.717) is 35.2 Å². The van der Waals surface area contributed by atoms with E-state index >= 15 is 0 Å². The van der Waals surface area contributed by atoms with Crippen LogP contribution in [-0.2, 0) is 17.9 Å². The first-order valence-electron chi connectivity index (χ1n) is 11.6. The molecule has 4 aromatic carbocycles. The molecule has 2 N–H and O–H groups in total. The second kappa shape index (κ2) is 11.2. The van der Waals surface area contributed by atoms with Gasteiger partial charge in [0.2, 0.25) is 5.91 Å². The quantitative estimate of drug-likeness (QED) is 0.251. The first kappa shape index (κ1) is 24.6. The first-order valence-corrected chi connectivity index (χ1v) is 12.0. The molecule has 0 heterocycles. The Hall–Kier alpha value is -3.57. The highest BCUT2D eigenvalue weighted by atomic mass is 35.5. The zero-order valence-electron chi connectivity index (χ0n) is 19.8. The SMILES string of the molecule is CC(C)CC(=O)Nc1cccc(NCc2c(OCc3c(F)cccc3Cl)ccc3ccccc23)c1. The van der Waals surface area contributed by atoms with Gasteiger partial charge >= 0.3 is 0 Å². The van der Waals surface area contributed by atoms with Crippen molar-refractivity contribution in [1.29, 1.82) is 0 Å². The lowest BCUT2D eigenvalue weighted by Gasteiger charge is -2.17. The van der Waals surface area contributed by atoms with E-state index in [1.165, 1.54) is 6.07 Å². The van der Waals surface area contributed by atoms with E-state index in [9.17, 15) is 9.18 Å². The number of ether oxygens (including phenoxy) is 1. The van der Waals surface area contributed by atoms with Crippen molar-refractivity contribution >= 4 is 39.7 Å². The second-order valence-corrected chi connectivity index (χ2v) is 9.24. The number of nitrogens with one attached hydrogen (secondary N) is 2. The van der Waals surface area contributed by atoms with Gasteiger partial charge in [0, 0.05) is 35.5 Å². The highest BCUT2D eigenvalue weighted by Crippen LogP contribution is 2.31. The molecular weight excluding hydrogens is 463 g/mol. The smallest absolute Gasteiger partial charge is 0.224 e. The summed E-state index contributed by atoms with van der Waals surface area (Å²) in [6.07, 6.45) is 0.473. The van der Waals surface area contributed by atoms with Crippen LogP contribution in [0, 0.1) is 11.7 Å².